The molecule has 34 heavy (non-hydrogen) atoms. The van der Waals surface area contributed by atoms with E-state index in [0.29, 0.717) is 38.7 Å². The monoisotopic (exact) mass is 584 g/mol. The smallest absolute Gasteiger partial charge is 0.266 e. The average molecular weight is 586 g/mol. The van der Waals surface area contributed by atoms with E-state index in [-0.39, 0.29) is 19.0 Å². The minimum Gasteiger partial charge on any atom is -0.493 e. The Morgan fingerprint density at radius 2 is 1.97 bits per heavy atom. The lowest BCUT2D eigenvalue weighted by Crippen LogP contribution is -2.13. The van der Waals surface area contributed by atoms with E-state index >= 15 is 0 Å². The van der Waals surface area contributed by atoms with Gasteiger partial charge in [-0.05, 0) is 75.6 Å². The van der Waals surface area contributed by atoms with E-state index in [9.17, 15) is 10.1 Å². The maximum atomic E-state index is 12.6. The number of hydrogen-bond donors (Lipinski definition) is 1. The van der Waals surface area contributed by atoms with Gasteiger partial charge in [0, 0.05) is 10.2 Å². The summed E-state index contributed by atoms with van der Waals surface area (Å²) in [6, 6.07) is 18.1. The molecule has 1 aliphatic rings. The molecule has 1 amide bonds. The van der Waals surface area contributed by atoms with Crippen LogP contribution in [0.15, 0.2) is 69.1 Å². The van der Waals surface area contributed by atoms with E-state index in [1.165, 1.54) is 13.2 Å². The normalized spacial score (nSPS) is 12.1. The van der Waals surface area contributed by atoms with Crippen molar-refractivity contribution in [1.82, 2.24) is 0 Å². The molecule has 4 rings (SSSR count). The van der Waals surface area contributed by atoms with Gasteiger partial charge in [0.15, 0.2) is 23.0 Å². The largest absolute Gasteiger partial charge is 0.493 e. The highest BCUT2D eigenvalue weighted by molar-refractivity contribution is 9.10. The molecule has 0 radical (unpaired) electrons. The quantitative estimate of drug-likeness (QED) is 0.267. The predicted octanol–water partition coefficient (Wildman–Crippen LogP) is 6.07. The Hall–Kier alpha value is -3.48. The summed E-state index contributed by atoms with van der Waals surface area (Å²) >= 11 is 6.86. The lowest BCUT2D eigenvalue weighted by atomic mass is 10.1. The van der Waals surface area contributed by atoms with Crippen LogP contribution in [0.1, 0.15) is 11.1 Å². The zero-order valence-electron chi connectivity index (χ0n) is 17.9. The lowest BCUT2D eigenvalue weighted by molar-refractivity contribution is -0.112. The summed E-state index contributed by atoms with van der Waals surface area (Å²) in [5.74, 6) is 1.81. The van der Waals surface area contributed by atoms with Gasteiger partial charge >= 0.3 is 0 Å². The van der Waals surface area contributed by atoms with Crippen molar-refractivity contribution in [2.24, 2.45) is 0 Å². The molecule has 172 valence electrons. The molecular formula is C25H18Br2N2O5. The Morgan fingerprint density at radius 3 is 2.74 bits per heavy atom. The second-order valence-corrected chi connectivity index (χ2v) is 8.91. The highest BCUT2D eigenvalue weighted by Gasteiger charge is 2.16. The minimum atomic E-state index is -0.515. The van der Waals surface area contributed by atoms with Crippen LogP contribution >= 0.6 is 31.9 Å². The maximum absolute atomic E-state index is 12.6. The molecule has 0 unspecified atom stereocenters. The fourth-order valence-corrected chi connectivity index (χ4v) is 4.20. The molecule has 0 spiro atoms. The maximum Gasteiger partial charge on any atom is 0.266 e. The summed E-state index contributed by atoms with van der Waals surface area (Å²) in [6.45, 7) is 0.485. The van der Waals surface area contributed by atoms with Crippen molar-refractivity contribution in [3.05, 3.63) is 80.2 Å². The molecule has 1 heterocycles. The van der Waals surface area contributed by atoms with Gasteiger partial charge in [0.2, 0.25) is 6.79 Å². The van der Waals surface area contributed by atoms with Crippen LogP contribution in [0.4, 0.5) is 5.69 Å². The summed E-state index contributed by atoms with van der Waals surface area (Å²) in [5.41, 5.74) is 2.02. The predicted molar refractivity (Wildman–Crippen MR) is 134 cm³/mol. The average Bonchev–Trinajstić information content (AvgIpc) is 3.29. The van der Waals surface area contributed by atoms with Crippen molar-refractivity contribution in [3.63, 3.8) is 0 Å². The third-order valence-corrected chi connectivity index (χ3v) is 5.91. The SMILES string of the molecule is COc1cc(/C=C(/C#N)C(=O)Nc2cccc(Br)c2)cc(Br)c1OCc1ccc2c(c1)OCO2. The molecule has 0 saturated carbocycles. The van der Waals surface area contributed by atoms with Crippen LogP contribution < -0.4 is 24.3 Å². The molecule has 0 bridgehead atoms. The zero-order valence-corrected chi connectivity index (χ0v) is 21.1. The summed E-state index contributed by atoms with van der Waals surface area (Å²) in [4.78, 5) is 12.6. The third kappa shape index (κ3) is 5.53. The Balaban J connectivity index is 1.52. The fourth-order valence-electron chi connectivity index (χ4n) is 3.23. The van der Waals surface area contributed by atoms with Crippen molar-refractivity contribution < 1.29 is 23.7 Å². The number of methoxy groups -OCH3 is 1. The Morgan fingerprint density at radius 1 is 1.15 bits per heavy atom. The number of carbonyl (C=O) groups excluding carboxylic acids is 1. The molecule has 0 fully saturated rings. The first-order valence-corrected chi connectivity index (χ1v) is 11.6. The van der Waals surface area contributed by atoms with E-state index in [4.69, 9.17) is 18.9 Å². The molecule has 9 heteroatoms. The molecule has 0 aromatic heterocycles. The number of halogens is 2. The van der Waals surface area contributed by atoms with Crippen molar-refractivity contribution in [3.8, 4) is 29.1 Å². The van der Waals surface area contributed by atoms with Crippen molar-refractivity contribution in [2.75, 3.05) is 19.2 Å². The van der Waals surface area contributed by atoms with Gasteiger partial charge in [0.1, 0.15) is 18.2 Å². The van der Waals surface area contributed by atoms with Crippen LogP contribution in [-0.4, -0.2) is 19.8 Å². The van der Waals surface area contributed by atoms with Gasteiger partial charge in [0.25, 0.3) is 5.91 Å². The van der Waals surface area contributed by atoms with Gasteiger partial charge in [-0.3, -0.25) is 4.79 Å². The Kier molecular flexibility index (Phi) is 7.40. The second kappa shape index (κ2) is 10.6. The molecule has 0 saturated heterocycles. The number of hydrogen-bond acceptors (Lipinski definition) is 6. The number of nitrogens with zero attached hydrogens (tertiary/aromatic N) is 1. The number of benzene rings is 3. The van der Waals surface area contributed by atoms with Crippen molar-refractivity contribution in [1.29, 1.82) is 5.26 Å². The molecular weight excluding hydrogens is 568 g/mol. The number of nitrogens with one attached hydrogen (secondary N) is 1. The lowest BCUT2D eigenvalue weighted by Gasteiger charge is -2.14. The van der Waals surface area contributed by atoms with E-state index in [2.05, 4.69) is 37.2 Å². The first kappa shape index (κ1) is 23.7. The van der Waals surface area contributed by atoms with E-state index < -0.39 is 5.91 Å². The Bertz CT molecular complexity index is 1320. The van der Waals surface area contributed by atoms with Crippen LogP contribution in [-0.2, 0) is 11.4 Å². The van der Waals surface area contributed by atoms with E-state index in [1.807, 2.05) is 30.3 Å². The van der Waals surface area contributed by atoms with Crippen LogP contribution in [0, 0.1) is 11.3 Å². The highest BCUT2D eigenvalue weighted by Crippen LogP contribution is 2.38. The molecule has 3 aromatic carbocycles. The molecule has 1 N–H and O–H groups in total. The number of amides is 1. The molecule has 3 aromatic rings. The summed E-state index contributed by atoms with van der Waals surface area (Å²) in [6.07, 6.45) is 1.49. The number of carbonyl (C=O) groups is 1. The fraction of sp³-hybridized carbons (Fsp3) is 0.120. The van der Waals surface area contributed by atoms with Crippen LogP contribution in [0.5, 0.6) is 23.0 Å². The van der Waals surface area contributed by atoms with E-state index in [0.717, 1.165) is 10.0 Å². The number of nitriles is 1. The summed E-state index contributed by atoms with van der Waals surface area (Å²) in [7, 11) is 1.52. The second-order valence-electron chi connectivity index (χ2n) is 7.14. The van der Waals surface area contributed by atoms with Gasteiger partial charge in [-0.15, -0.1) is 0 Å². The first-order chi connectivity index (χ1) is 16.5. The number of rotatable bonds is 7. The zero-order chi connectivity index (χ0) is 24.1. The van der Waals surface area contributed by atoms with Crippen LogP contribution in [0.2, 0.25) is 0 Å². The van der Waals surface area contributed by atoms with Crippen molar-refractivity contribution >= 4 is 49.5 Å². The first-order valence-electron chi connectivity index (χ1n) is 10.0. The molecule has 0 atom stereocenters. The van der Waals surface area contributed by atoms with Gasteiger partial charge in [-0.25, -0.2) is 0 Å². The van der Waals surface area contributed by atoms with Crippen molar-refractivity contribution in [2.45, 2.75) is 6.61 Å². The molecule has 1 aliphatic heterocycles. The van der Waals surface area contributed by atoms with Gasteiger partial charge in [-0.1, -0.05) is 28.1 Å². The Labute approximate surface area is 213 Å². The molecule has 0 aliphatic carbocycles. The number of anilines is 1. The van der Waals surface area contributed by atoms with Gasteiger partial charge < -0.3 is 24.3 Å². The summed E-state index contributed by atoms with van der Waals surface area (Å²) in [5, 5.41) is 12.3. The van der Waals surface area contributed by atoms with Gasteiger partial charge in [-0.2, -0.15) is 5.26 Å². The minimum absolute atomic E-state index is 0.0528. The third-order valence-electron chi connectivity index (χ3n) is 4.83. The topological polar surface area (TPSA) is 89.8 Å². The highest BCUT2D eigenvalue weighted by atomic mass is 79.9. The number of fused-ring (bicyclic) bond motifs is 1. The van der Waals surface area contributed by atoms with Gasteiger partial charge in [0.05, 0.1) is 11.6 Å². The van der Waals surface area contributed by atoms with Crippen LogP contribution in [0.25, 0.3) is 6.08 Å². The molecule has 7 nitrogen and oxygen atoms in total. The number of ether oxygens (including phenoxy) is 4. The standard InChI is InChI=1S/C25H18Br2N2O5/c1-31-23-10-16(7-17(12-28)25(30)29-19-4-2-3-18(26)11-19)8-20(27)24(23)32-13-15-5-6-21-22(9-15)34-14-33-21/h2-11H,13-14H2,1H3,(H,29,30)/b17-7-. The van der Waals surface area contributed by atoms with E-state index in [1.54, 1.807) is 30.3 Å². The summed E-state index contributed by atoms with van der Waals surface area (Å²) < 4.78 is 23.7. The van der Waals surface area contributed by atoms with Crippen LogP contribution in [0.3, 0.4) is 0 Å².